The van der Waals surface area contributed by atoms with Gasteiger partial charge in [-0.05, 0) is 74.7 Å². The molecular weight excluding hydrogens is 484 g/mol. The Kier molecular flexibility index (Phi) is 6.84. The van der Waals surface area contributed by atoms with Gasteiger partial charge in [0, 0.05) is 16.5 Å². The van der Waals surface area contributed by atoms with Crippen molar-refractivity contribution in [2.75, 3.05) is 24.6 Å². The highest BCUT2D eigenvalue weighted by molar-refractivity contribution is 9.10. The van der Waals surface area contributed by atoms with E-state index >= 15 is 0 Å². The lowest BCUT2D eigenvalue weighted by Crippen LogP contribution is -3.00. The average Bonchev–Trinajstić information content (AvgIpc) is 2.80. The molecule has 0 saturated heterocycles. The molecule has 0 fully saturated rings. The third-order valence-corrected chi connectivity index (χ3v) is 5.97. The molecule has 0 spiro atoms. The molecule has 2 aromatic rings. The van der Waals surface area contributed by atoms with Gasteiger partial charge in [0.05, 0.1) is 13.2 Å². The molecule has 1 atom stereocenters. The van der Waals surface area contributed by atoms with Crippen LogP contribution in [0.2, 0.25) is 0 Å². The normalized spacial score (nSPS) is 21.8. The molecule has 2 aliphatic rings. The number of hydrogen-bond donors (Lipinski definition) is 1. The van der Waals surface area contributed by atoms with E-state index in [9.17, 15) is 5.11 Å². The zero-order chi connectivity index (χ0) is 18.9. The van der Waals surface area contributed by atoms with Crippen molar-refractivity contribution >= 4 is 27.5 Å². The minimum Gasteiger partial charge on any atom is -1.00 e. The number of benzene rings is 2. The SMILES string of the molecule is CCOc1ccc(C2(O)C[N+]3=C(CCCCC3)N2c2ccc(Br)cc2)cc1.[Br-]. The first kappa shape index (κ1) is 21.3. The van der Waals surface area contributed by atoms with E-state index in [1.807, 2.05) is 43.3 Å². The Bertz CT molecular complexity index is 837. The first-order valence-electron chi connectivity index (χ1n) is 9.74. The second kappa shape index (κ2) is 8.97. The van der Waals surface area contributed by atoms with Crippen LogP contribution in [-0.2, 0) is 5.72 Å². The lowest BCUT2D eigenvalue weighted by atomic mass is 9.99. The van der Waals surface area contributed by atoms with Crippen LogP contribution < -0.4 is 26.6 Å². The van der Waals surface area contributed by atoms with Gasteiger partial charge in [-0.1, -0.05) is 15.9 Å². The molecular formula is C22H26Br2N2O2. The van der Waals surface area contributed by atoms with Crippen LogP contribution >= 0.6 is 15.9 Å². The van der Waals surface area contributed by atoms with Crippen LogP contribution in [0.4, 0.5) is 5.69 Å². The number of halogens is 2. The van der Waals surface area contributed by atoms with Crippen molar-refractivity contribution < 1.29 is 31.4 Å². The maximum Gasteiger partial charge on any atom is 0.275 e. The van der Waals surface area contributed by atoms with Crippen molar-refractivity contribution in [2.24, 2.45) is 0 Å². The van der Waals surface area contributed by atoms with Gasteiger partial charge in [0.2, 0.25) is 0 Å². The Morgan fingerprint density at radius 1 is 1.07 bits per heavy atom. The van der Waals surface area contributed by atoms with E-state index in [1.165, 1.54) is 18.7 Å². The van der Waals surface area contributed by atoms with E-state index in [2.05, 4.69) is 37.5 Å². The molecule has 0 saturated carbocycles. The second-order valence-electron chi connectivity index (χ2n) is 7.23. The standard InChI is InChI=1S/C22H26BrN2O2.BrH/c1-2-27-20-13-7-17(8-14-20)22(26)16-24-15-5-3-4-6-21(24)25(22)19-11-9-18(23)10-12-19;/h7-14,26H,2-6,15-16H2,1H3;1H/q+1;/p-1. The zero-order valence-corrected chi connectivity index (χ0v) is 19.2. The number of ether oxygens (including phenoxy) is 1. The van der Waals surface area contributed by atoms with Crippen molar-refractivity contribution in [1.82, 2.24) is 0 Å². The summed E-state index contributed by atoms with van der Waals surface area (Å²) < 4.78 is 8.98. The summed E-state index contributed by atoms with van der Waals surface area (Å²) in [5.74, 6) is 2.06. The van der Waals surface area contributed by atoms with Gasteiger partial charge in [0.25, 0.3) is 11.6 Å². The lowest BCUT2D eigenvalue weighted by Gasteiger charge is -2.29. The fourth-order valence-corrected chi connectivity index (χ4v) is 4.45. The van der Waals surface area contributed by atoms with E-state index in [4.69, 9.17) is 4.74 Å². The monoisotopic (exact) mass is 508 g/mol. The highest BCUT2D eigenvalue weighted by Crippen LogP contribution is 2.38. The molecule has 0 amide bonds. The summed E-state index contributed by atoms with van der Waals surface area (Å²) in [5.41, 5.74) is 0.842. The van der Waals surface area contributed by atoms with Gasteiger partial charge in [-0.2, -0.15) is 4.90 Å². The predicted octanol–water partition coefficient (Wildman–Crippen LogP) is 1.50. The summed E-state index contributed by atoms with van der Waals surface area (Å²) in [6.07, 6.45) is 4.58. The number of anilines is 1. The van der Waals surface area contributed by atoms with Gasteiger partial charge in [0.15, 0.2) is 6.54 Å². The Morgan fingerprint density at radius 2 is 1.79 bits per heavy atom. The molecule has 28 heavy (non-hydrogen) atoms. The summed E-state index contributed by atoms with van der Waals surface area (Å²) >= 11 is 3.52. The van der Waals surface area contributed by atoms with E-state index in [0.29, 0.717) is 13.2 Å². The fraction of sp³-hybridized carbons (Fsp3) is 0.409. The molecule has 1 N–H and O–H groups in total. The largest absolute Gasteiger partial charge is 1.00 e. The molecule has 0 radical (unpaired) electrons. The molecule has 6 heteroatoms. The molecule has 2 aliphatic heterocycles. The molecule has 4 rings (SSSR count). The first-order valence-corrected chi connectivity index (χ1v) is 10.5. The van der Waals surface area contributed by atoms with Crippen LogP contribution in [-0.4, -0.2) is 35.2 Å². The molecule has 0 aliphatic carbocycles. The van der Waals surface area contributed by atoms with Crippen molar-refractivity contribution in [3.8, 4) is 5.75 Å². The van der Waals surface area contributed by atoms with Crippen LogP contribution in [0.3, 0.4) is 0 Å². The van der Waals surface area contributed by atoms with Crippen molar-refractivity contribution in [3.05, 3.63) is 58.6 Å². The van der Waals surface area contributed by atoms with E-state index in [1.54, 1.807) is 0 Å². The quantitative estimate of drug-likeness (QED) is 0.634. The Labute approximate surface area is 185 Å². The molecule has 2 heterocycles. The number of aliphatic hydroxyl groups is 1. The van der Waals surface area contributed by atoms with Gasteiger partial charge in [-0.15, -0.1) is 0 Å². The molecule has 2 aromatic carbocycles. The van der Waals surface area contributed by atoms with Crippen molar-refractivity contribution in [2.45, 2.75) is 38.3 Å². The topological polar surface area (TPSA) is 35.7 Å². The molecule has 150 valence electrons. The van der Waals surface area contributed by atoms with Gasteiger partial charge in [-0.25, -0.2) is 0 Å². The summed E-state index contributed by atoms with van der Waals surface area (Å²) in [6, 6.07) is 16.1. The number of rotatable bonds is 4. The predicted molar refractivity (Wildman–Crippen MR) is 112 cm³/mol. The van der Waals surface area contributed by atoms with Crippen molar-refractivity contribution in [3.63, 3.8) is 0 Å². The van der Waals surface area contributed by atoms with Crippen LogP contribution in [0.15, 0.2) is 53.0 Å². The van der Waals surface area contributed by atoms with Gasteiger partial charge < -0.3 is 26.8 Å². The van der Waals surface area contributed by atoms with Gasteiger partial charge in [0.1, 0.15) is 11.4 Å². The molecule has 0 bridgehead atoms. The minimum absolute atomic E-state index is 0. The van der Waals surface area contributed by atoms with Crippen LogP contribution in [0.25, 0.3) is 0 Å². The van der Waals surface area contributed by atoms with Gasteiger partial charge in [-0.3, -0.25) is 4.58 Å². The van der Waals surface area contributed by atoms with Crippen LogP contribution in [0, 0.1) is 0 Å². The number of hydrogen-bond acceptors (Lipinski definition) is 3. The highest BCUT2D eigenvalue weighted by Gasteiger charge is 2.53. The average molecular weight is 510 g/mol. The Hall–Kier alpha value is -1.37. The van der Waals surface area contributed by atoms with E-state index in [0.717, 1.165) is 40.9 Å². The summed E-state index contributed by atoms with van der Waals surface area (Å²) in [4.78, 5) is 2.14. The van der Waals surface area contributed by atoms with E-state index in [-0.39, 0.29) is 17.0 Å². The molecule has 0 aromatic heterocycles. The second-order valence-corrected chi connectivity index (χ2v) is 8.15. The fourth-order valence-electron chi connectivity index (χ4n) is 4.18. The summed E-state index contributed by atoms with van der Waals surface area (Å²) in [6.45, 7) is 4.21. The number of nitrogens with zero attached hydrogens (tertiary/aromatic N) is 2. The smallest absolute Gasteiger partial charge is 0.275 e. The lowest BCUT2D eigenvalue weighted by molar-refractivity contribution is -0.534. The minimum atomic E-state index is -1.08. The number of amidine groups is 1. The third kappa shape index (κ3) is 4.00. The Morgan fingerprint density at radius 3 is 2.46 bits per heavy atom. The molecule has 4 nitrogen and oxygen atoms in total. The molecule has 1 unspecified atom stereocenters. The van der Waals surface area contributed by atoms with Gasteiger partial charge >= 0.3 is 0 Å². The zero-order valence-electron chi connectivity index (χ0n) is 16.1. The van der Waals surface area contributed by atoms with E-state index < -0.39 is 5.72 Å². The highest BCUT2D eigenvalue weighted by atomic mass is 79.9. The third-order valence-electron chi connectivity index (χ3n) is 5.45. The maximum absolute atomic E-state index is 11.9. The summed E-state index contributed by atoms with van der Waals surface area (Å²) in [7, 11) is 0. The Balaban J connectivity index is 0.00000225. The first-order chi connectivity index (χ1) is 13.1. The summed E-state index contributed by atoms with van der Waals surface area (Å²) in [5, 5.41) is 11.9. The maximum atomic E-state index is 11.9. The van der Waals surface area contributed by atoms with Crippen molar-refractivity contribution in [1.29, 1.82) is 0 Å². The van der Waals surface area contributed by atoms with Crippen LogP contribution in [0.5, 0.6) is 5.75 Å². The van der Waals surface area contributed by atoms with Crippen LogP contribution in [0.1, 0.15) is 38.2 Å².